The SMILES string of the molecule is CC(C)(NC(=O)NC1CC1)c1ccc(F)cc1. The van der Waals surface area contributed by atoms with E-state index in [0.29, 0.717) is 6.04 Å². The van der Waals surface area contributed by atoms with E-state index < -0.39 is 5.54 Å². The highest BCUT2D eigenvalue weighted by Gasteiger charge is 2.27. The molecule has 0 heterocycles. The van der Waals surface area contributed by atoms with Crippen LogP contribution in [0.2, 0.25) is 0 Å². The van der Waals surface area contributed by atoms with Gasteiger partial charge in [-0.1, -0.05) is 12.1 Å². The van der Waals surface area contributed by atoms with Crippen molar-refractivity contribution in [3.05, 3.63) is 35.6 Å². The fourth-order valence-electron chi connectivity index (χ4n) is 1.67. The Hall–Kier alpha value is -1.58. The third-order valence-electron chi connectivity index (χ3n) is 2.90. The van der Waals surface area contributed by atoms with Crippen LogP contribution in [0, 0.1) is 5.82 Å². The zero-order valence-electron chi connectivity index (χ0n) is 10.1. The second-order valence-corrected chi connectivity index (χ2v) is 5.00. The maximum absolute atomic E-state index is 12.8. The van der Waals surface area contributed by atoms with Crippen molar-refractivity contribution in [1.82, 2.24) is 10.6 Å². The van der Waals surface area contributed by atoms with E-state index in [0.717, 1.165) is 18.4 Å². The first-order chi connectivity index (χ1) is 7.97. The van der Waals surface area contributed by atoms with Crippen LogP contribution >= 0.6 is 0 Å². The molecule has 1 aromatic rings. The van der Waals surface area contributed by atoms with Crippen molar-refractivity contribution in [3.8, 4) is 0 Å². The van der Waals surface area contributed by atoms with Crippen LogP contribution in [0.3, 0.4) is 0 Å². The molecule has 2 N–H and O–H groups in total. The van der Waals surface area contributed by atoms with Crippen molar-refractivity contribution >= 4 is 6.03 Å². The largest absolute Gasteiger partial charge is 0.335 e. The van der Waals surface area contributed by atoms with Crippen LogP contribution in [0.1, 0.15) is 32.3 Å². The number of hydrogen-bond donors (Lipinski definition) is 2. The molecule has 17 heavy (non-hydrogen) atoms. The molecule has 0 saturated heterocycles. The molecule has 3 nitrogen and oxygen atoms in total. The molecule has 0 aliphatic heterocycles. The van der Waals surface area contributed by atoms with Gasteiger partial charge in [0, 0.05) is 6.04 Å². The van der Waals surface area contributed by atoms with E-state index in [1.807, 2.05) is 13.8 Å². The first kappa shape index (κ1) is 11.9. The molecule has 92 valence electrons. The topological polar surface area (TPSA) is 41.1 Å². The van der Waals surface area contributed by atoms with Crippen LogP contribution in [0.15, 0.2) is 24.3 Å². The van der Waals surface area contributed by atoms with E-state index in [-0.39, 0.29) is 11.8 Å². The molecule has 0 bridgehead atoms. The van der Waals surface area contributed by atoms with Gasteiger partial charge in [-0.3, -0.25) is 0 Å². The third-order valence-corrected chi connectivity index (χ3v) is 2.90. The van der Waals surface area contributed by atoms with E-state index in [1.165, 1.54) is 12.1 Å². The van der Waals surface area contributed by atoms with Gasteiger partial charge in [0.05, 0.1) is 5.54 Å². The smallest absolute Gasteiger partial charge is 0.315 e. The number of urea groups is 1. The van der Waals surface area contributed by atoms with Crippen molar-refractivity contribution in [1.29, 1.82) is 0 Å². The molecule has 2 amide bonds. The molecule has 0 spiro atoms. The van der Waals surface area contributed by atoms with Crippen LogP contribution in [-0.4, -0.2) is 12.1 Å². The number of carbonyl (C=O) groups is 1. The Bertz CT molecular complexity index is 410. The van der Waals surface area contributed by atoms with Gasteiger partial charge in [-0.15, -0.1) is 0 Å². The first-order valence-corrected chi connectivity index (χ1v) is 5.82. The van der Waals surface area contributed by atoms with Gasteiger partial charge in [-0.05, 0) is 44.4 Å². The summed E-state index contributed by atoms with van der Waals surface area (Å²) < 4.78 is 12.8. The van der Waals surface area contributed by atoms with Crippen molar-refractivity contribution in [2.45, 2.75) is 38.3 Å². The normalized spacial score (nSPS) is 15.5. The quantitative estimate of drug-likeness (QED) is 0.832. The minimum absolute atomic E-state index is 0.165. The van der Waals surface area contributed by atoms with Gasteiger partial charge in [-0.25, -0.2) is 9.18 Å². The van der Waals surface area contributed by atoms with Crippen LogP contribution in [-0.2, 0) is 5.54 Å². The minimum Gasteiger partial charge on any atom is -0.335 e. The van der Waals surface area contributed by atoms with Gasteiger partial charge in [0.15, 0.2) is 0 Å². The Morgan fingerprint density at radius 2 is 1.88 bits per heavy atom. The number of nitrogens with one attached hydrogen (secondary N) is 2. The van der Waals surface area contributed by atoms with Gasteiger partial charge < -0.3 is 10.6 Å². The lowest BCUT2D eigenvalue weighted by Crippen LogP contribution is -2.47. The van der Waals surface area contributed by atoms with Gasteiger partial charge in [-0.2, -0.15) is 0 Å². The number of benzene rings is 1. The predicted octanol–water partition coefficient (Wildman–Crippen LogP) is 2.52. The monoisotopic (exact) mass is 236 g/mol. The summed E-state index contributed by atoms with van der Waals surface area (Å²) in [5.41, 5.74) is 0.372. The van der Waals surface area contributed by atoms with Crippen LogP contribution < -0.4 is 10.6 Å². The Kier molecular flexibility index (Phi) is 3.05. The van der Waals surface area contributed by atoms with E-state index in [2.05, 4.69) is 10.6 Å². The lowest BCUT2D eigenvalue weighted by atomic mass is 9.94. The standard InChI is InChI=1S/C13H17FN2O/c1-13(2,9-3-5-10(14)6-4-9)16-12(17)15-11-7-8-11/h3-6,11H,7-8H2,1-2H3,(H2,15,16,17). The lowest BCUT2D eigenvalue weighted by molar-refractivity contribution is 0.229. The number of halogens is 1. The fourth-order valence-corrected chi connectivity index (χ4v) is 1.67. The average molecular weight is 236 g/mol. The summed E-state index contributed by atoms with van der Waals surface area (Å²) in [4.78, 5) is 11.7. The summed E-state index contributed by atoms with van der Waals surface area (Å²) in [6.07, 6.45) is 2.12. The summed E-state index contributed by atoms with van der Waals surface area (Å²) in [7, 11) is 0. The van der Waals surface area contributed by atoms with Crippen molar-refractivity contribution in [3.63, 3.8) is 0 Å². The molecule has 4 heteroatoms. The molecule has 0 aromatic heterocycles. The van der Waals surface area contributed by atoms with Gasteiger partial charge >= 0.3 is 6.03 Å². The third kappa shape index (κ3) is 3.19. The molecular formula is C13H17FN2O. The minimum atomic E-state index is -0.507. The molecular weight excluding hydrogens is 219 g/mol. The molecule has 1 fully saturated rings. The molecule has 0 unspecified atom stereocenters. The van der Waals surface area contributed by atoms with Gasteiger partial charge in [0.2, 0.25) is 0 Å². The Labute approximate surface area is 100 Å². The fraction of sp³-hybridized carbons (Fsp3) is 0.462. The lowest BCUT2D eigenvalue weighted by Gasteiger charge is -2.27. The van der Waals surface area contributed by atoms with Crippen LogP contribution in [0.25, 0.3) is 0 Å². The molecule has 0 atom stereocenters. The van der Waals surface area contributed by atoms with Gasteiger partial charge in [0.25, 0.3) is 0 Å². The van der Waals surface area contributed by atoms with E-state index in [1.54, 1.807) is 12.1 Å². The Morgan fingerprint density at radius 1 is 1.29 bits per heavy atom. The van der Waals surface area contributed by atoms with E-state index in [4.69, 9.17) is 0 Å². The molecule has 1 aliphatic carbocycles. The molecule has 1 aliphatic rings. The number of amides is 2. The first-order valence-electron chi connectivity index (χ1n) is 5.82. The highest BCUT2D eigenvalue weighted by molar-refractivity contribution is 5.75. The summed E-state index contributed by atoms with van der Waals surface area (Å²) in [5, 5.41) is 5.76. The van der Waals surface area contributed by atoms with Crippen molar-refractivity contribution in [2.75, 3.05) is 0 Å². The summed E-state index contributed by atoms with van der Waals surface area (Å²) in [5.74, 6) is -0.271. The maximum Gasteiger partial charge on any atom is 0.315 e. The molecule has 2 rings (SSSR count). The van der Waals surface area contributed by atoms with Crippen LogP contribution in [0.4, 0.5) is 9.18 Å². The van der Waals surface area contributed by atoms with Crippen molar-refractivity contribution < 1.29 is 9.18 Å². The Morgan fingerprint density at radius 3 is 2.41 bits per heavy atom. The highest BCUT2D eigenvalue weighted by Crippen LogP contribution is 2.21. The second-order valence-electron chi connectivity index (χ2n) is 5.00. The molecule has 1 aromatic carbocycles. The Balaban J connectivity index is 2.01. The summed E-state index contributed by atoms with van der Waals surface area (Å²) in [6.45, 7) is 3.79. The van der Waals surface area contributed by atoms with E-state index >= 15 is 0 Å². The second kappa shape index (κ2) is 4.35. The molecule has 1 saturated carbocycles. The molecule has 0 radical (unpaired) electrons. The number of hydrogen-bond acceptors (Lipinski definition) is 1. The average Bonchev–Trinajstić information content (AvgIpc) is 3.01. The zero-order valence-corrected chi connectivity index (χ0v) is 10.1. The summed E-state index contributed by atoms with van der Waals surface area (Å²) >= 11 is 0. The van der Waals surface area contributed by atoms with Gasteiger partial charge in [0.1, 0.15) is 5.82 Å². The predicted molar refractivity (Wildman–Crippen MR) is 64.1 cm³/mol. The number of carbonyl (C=O) groups excluding carboxylic acids is 1. The summed E-state index contributed by atoms with van der Waals surface area (Å²) in [6, 6.07) is 6.34. The highest BCUT2D eigenvalue weighted by atomic mass is 19.1. The maximum atomic E-state index is 12.8. The zero-order chi connectivity index (χ0) is 12.5. The van der Waals surface area contributed by atoms with Crippen LogP contribution in [0.5, 0.6) is 0 Å². The number of rotatable bonds is 3. The van der Waals surface area contributed by atoms with E-state index in [9.17, 15) is 9.18 Å². The van der Waals surface area contributed by atoms with Crippen molar-refractivity contribution in [2.24, 2.45) is 0 Å².